The number of aliphatic imine (C=N–C) groups is 1. The Labute approximate surface area is 214 Å². The molecule has 0 atom stereocenters. The van der Waals surface area contributed by atoms with Gasteiger partial charge in [-0.05, 0) is 66.6 Å². The van der Waals surface area contributed by atoms with Crippen LogP contribution in [0.5, 0.6) is 11.5 Å². The largest absolute Gasteiger partial charge is 0.454 e. The molecule has 2 aromatic rings. The van der Waals surface area contributed by atoms with Gasteiger partial charge in [-0.3, -0.25) is 14.6 Å². The van der Waals surface area contributed by atoms with Gasteiger partial charge in [0.2, 0.25) is 5.91 Å². The van der Waals surface area contributed by atoms with E-state index in [4.69, 9.17) is 15.7 Å². The van der Waals surface area contributed by atoms with E-state index >= 15 is 0 Å². The Morgan fingerprint density at radius 3 is 2.62 bits per heavy atom. The molecule has 3 rings (SSSR count). The summed E-state index contributed by atoms with van der Waals surface area (Å²) in [5, 5.41) is 8.97. The number of alkyl halides is 3. The van der Waals surface area contributed by atoms with Gasteiger partial charge >= 0.3 is 6.18 Å². The number of carbonyl (C=O) groups excluding carboxylic acids is 2. The van der Waals surface area contributed by atoms with Gasteiger partial charge < -0.3 is 15.4 Å². The minimum Gasteiger partial charge on any atom is -0.454 e. The molecule has 7 nitrogen and oxygen atoms in total. The molecule has 0 radical (unpaired) electrons. The Balaban J connectivity index is 1.66. The molecule has 1 aliphatic heterocycles. The number of halogens is 4. The van der Waals surface area contributed by atoms with Crippen LogP contribution in [0.15, 0.2) is 46.3 Å². The Morgan fingerprint density at radius 2 is 2.00 bits per heavy atom. The zero-order chi connectivity index (χ0) is 27.0. The standard InChI is InChI=1S/C25H22F4N4O3S/c26-20-13-16(4-7-22(20)36-21-6-5-17(14-30)12-19(21)25(27,28)29)11-18(15-34)37-24(31)32-8-2-10-33-9-1-3-23(33)35/h4-7,11-13,15H,1-3,8-10H2,(H2,31,32)/b18-11-. The number of hydrogen-bond donors (Lipinski definition) is 1. The average Bonchev–Trinajstić information content (AvgIpc) is 3.27. The number of nitrogens with two attached hydrogens (primary N) is 1. The summed E-state index contributed by atoms with van der Waals surface area (Å²) in [6.45, 7) is 1.68. The number of nitriles is 1. The predicted octanol–water partition coefficient (Wildman–Crippen LogP) is 5.11. The van der Waals surface area contributed by atoms with Crippen LogP contribution in [0.4, 0.5) is 17.6 Å². The van der Waals surface area contributed by atoms with Crippen LogP contribution in [0.2, 0.25) is 0 Å². The van der Waals surface area contributed by atoms with E-state index in [0.29, 0.717) is 38.3 Å². The first-order valence-electron chi connectivity index (χ1n) is 11.1. The lowest BCUT2D eigenvalue weighted by atomic mass is 10.1. The lowest BCUT2D eigenvalue weighted by Gasteiger charge is -2.14. The maximum atomic E-state index is 14.6. The van der Waals surface area contributed by atoms with Crippen LogP contribution >= 0.6 is 11.8 Å². The normalized spacial score (nSPS) is 14.6. The number of rotatable bonds is 9. The highest BCUT2D eigenvalue weighted by molar-refractivity contribution is 8.17. The van der Waals surface area contributed by atoms with Crippen LogP contribution in [0.1, 0.15) is 36.0 Å². The molecule has 194 valence electrons. The summed E-state index contributed by atoms with van der Waals surface area (Å²) in [6.07, 6.45) is -0.916. The molecular formula is C25H22F4N4O3S. The maximum absolute atomic E-state index is 14.6. The molecular weight excluding hydrogens is 512 g/mol. The van der Waals surface area contributed by atoms with Gasteiger partial charge in [0, 0.05) is 26.1 Å². The quantitative estimate of drug-likeness (QED) is 0.120. The molecule has 1 saturated heterocycles. The third-order valence-corrected chi connectivity index (χ3v) is 6.05. The first-order chi connectivity index (χ1) is 17.6. The number of thioether (sulfide) groups is 1. The Kier molecular flexibility index (Phi) is 9.30. The van der Waals surface area contributed by atoms with Crippen molar-refractivity contribution in [1.82, 2.24) is 4.90 Å². The predicted molar refractivity (Wildman–Crippen MR) is 131 cm³/mol. The van der Waals surface area contributed by atoms with Crippen molar-refractivity contribution in [1.29, 1.82) is 5.26 Å². The molecule has 1 heterocycles. The first-order valence-corrected chi connectivity index (χ1v) is 11.9. The van der Waals surface area contributed by atoms with Crippen LogP contribution in [0.25, 0.3) is 6.08 Å². The summed E-state index contributed by atoms with van der Waals surface area (Å²) in [4.78, 5) is 29.1. The van der Waals surface area contributed by atoms with Gasteiger partial charge in [0.1, 0.15) is 5.75 Å². The summed E-state index contributed by atoms with van der Waals surface area (Å²) in [5.74, 6) is -1.96. The molecule has 12 heteroatoms. The molecule has 0 spiro atoms. The van der Waals surface area contributed by atoms with Crippen LogP contribution in [-0.4, -0.2) is 41.9 Å². The van der Waals surface area contributed by atoms with E-state index in [1.165, 1.54) is 12.1 Å². The summed E-state index contributed by atoms with van der Waals surface area (Å²) in [6, 6.07) is 7.80. The number of nitrogens with zero attached hydrogens (tertiary/aromatic N) is 3. The maximum Gasteiger partial charge on any atom is 0.420 e. The molecule has 1 aliphatic rings. The Hall–Kier alpha value is -3.85. The van der Waals surface area contributed by atoms with E-state index in [1.54, 1.807) is 11.0 Å². The van der Waals surface area contributed by atoms with Crippen LogP contribution in [0.3, 0.4) is 0 Å². The van der Waals surface area contributed by atoms with Crippen LogP contribution in [-0.2, 0) is 15.8 Å². The van der Waals surface area contributed by atoms with E-state index in [-0.39, 0.29) is 27.1 Å². The number of ether oxygens (including phenoxy) is 1. The number of amidine groups is 1. The van der Waals surface area contributed by atoms with Crippen molar-refractivity contribution in [2.45, 2.75) is 25.4 Å². The van der Waals surface area contributed by atoms with Crippen molar-refractivity contribution in [2.75, 3.05) is 19.6 Å². The molecule has 1 fully saturated rings. The van der Waals surface area contributed by atoms with Crippen molar-refractivity contribution in [2.24, 2.45) is 10.7 Å². The zero-order valence-electron chi connectivity index (χ0n) is 19.4. The zero-order valence-corrected chi connectivity index (χ0v) is 20.2. The SMILES string of the molecule is N#Cc1ccc(Oc2ccc(/C=C(/C=O)SC(N)=NCCCN3CCCC3=O)cc2F)c(C(F)(F)F)c1. The molecule has 0 saturated carbocycles. The smallest absolute Gasteiger partial charge is 0.420 e. The van der Waals surface area contributed by atoms with Crippen molar-refractivity contribution >= 4 is 35.2 Å². The fraction of sp³-hybridized carbons (Fsp3) is 0.280. The third kappa shape index (κ3) is 7.82. The summed E-state index contributed by atoms with van der Waals surface area (Å²) >= 11 is 0.879. The number of allylic oxidation sites excluding steroid dienone is 1. The fourth-order valence-electron chi connectivity index (χ4n) is 3.51. The van der Waals surface area contributed by atoms with Crippen LogP contribution < -0.4 is 10.5 Å². The highest BCUT2D eigenvalue weighted by Gasteiger charge is 2.35. The third-order valence-electron chi connectivity index (χ3n) is 5.26. The van der Waals surface area contributed by atoms with Crippen molar-refractivity contribution in [3.63, 3.8) is 0 Å². The monoisotopic (exact) mass is 534 g/mol. The molecule has 0 unspecified atom stereocenters. The number of hydrogen-bond acceptors (Lipinski definition) is 6. The highest BCUT2D eigenvalue weighted by Crippen LogP contribution is 2.39. The number of amides is 1. The fourth-order valence-corrected chi connectivity index (χ4v) is 4.15. The van der Waals surface area contributed by atoms with E-state index in [9.17, 15) is 27.2 Å². The highest BCUT2D eigenvalue weighted by atomic mass is 32.2. The second kappa shape index (κ2) is 12.4. The van der Waals surface area contributed by atoms with Gasteiger partial charge in [-0.25, -0.2) is 4.39 Å². The van der Waals surface area contributed by atoms with Gasteiger partial charge in [-0.2, -0.15) is 18.4 Å². The van der Waals surface area contributed by atoms with Gasteiger partial charge in [-0.15, -0.1) is 0 Å². The molecule has 37 heavy (non-hydrogen) atoms. The van der Waals surface area contributed by atoms with Gasteiger partial charge in [-0.1, -0.05) is 6.07 Å². The van der Waals surface area contributed by atoms with E-state index in [0.717, 1.165) is 49.0 Å². The van der Waals surface area contributed by atoms with E-state index in [1.807, 2.05) is 0 Å². The van der Waals surface area contributed by atoms with Crippen molar-refractivity contribution in [3.8, 4) is 17.6 Å². The van der Waals surface area contributed by atoms with Crippen molar-refractivity contribution in [3.05, 3.63) is 63.8 Å². The molecule has 0 aliphatic carbocycles. The Bertz CT molecular complexity index is 1270. The second-order valence-corrected chi connectivity index (χ2v) is 9.03. The lowest BCUT2D eigenvalue weighted by molar-refractivity contribution is -0.138. The summed E-state index contributed by atoms with van der Waals surface area (Å²) in [7, 11) is 0. The van der Waals surface area contributed by atoms with E-state index < -0.39 is 29.1 Å². The second-order valence-electron chi connectivity index (χ2n) is 7.94. The number of likely N-dealkylation sites (tertiary alicyclic amines) is 1. The average molecular weight is 535 g/mol. The van der Waals surface area contributed by atoms with Crippen LogP contribution in [0, 0.1) is 17.1 Å². The Morgan fingerprint density at radius 1 is 1.24 bits per heavy atom. The first kappa shape index (κ1) is 27.7. The minimum absolute atomic E-state index is 0.118. The number of benzene rings is 2. The lowest BCUT2D eigenvalue weighted by Crippen LogP contribution is -2.26. The molecule has 1 amide bonds. The topological polar surface area (TPSA) is 109 Å². The van der Waals surface area contributed by atoms with Gasteiger partial charge in [0.25, 0.3) is 0 Å². The molecule has 2 aromatic carbocycles. The van der Waals surface area contributed by atoms with Gasteiger partial charge in [0.15, 0.2) is 23.0 Å². The number of aldehydes is 1. The molecule has 2 N–H and O–H groups in total. The summed E-state index contributed by atoms with van der Waals surface area (Å²) < 4.78 is 59.8. The van der Waals surface area contributed by atoms with E-state index in [2.05, 4.69) is 4.99 Å². The number of carbonyl (C=O) groups is 2. The molecule has 0 bridgehead atoms. The molecule has 0 aromatic heterocycles. The summed E-state index contributed by atoms with van der Waals surface area (Å²) in [5.41, 5.74) is 4.68. The van der Waals surface area contributed by atoms with Gasteiger partial charge in [0.05, 0.1) is 22.1 Å². The minimum atomic E-state index is -4.81. The van der Waals surface area contributed by atoms with Crippen molar-refractivity contribution < 1.29 is 31.9 Å².